The van der Waals surface area contributed by atoms with Crippen LogP contribution < -0.4 is 15.2 Å². The number of rotatable bonds is 4. The number of aromatic nitrogens is 1. The Bertz CT molecular complexity index is 588. The number of halogens is 1. The highest BCUT2D eigenvalue weighted by molar-refractivity contribution is 6.31. The zero-order valence-electron chi connectivity index (χ0n) is 10.8. The van der Waals surface area contributed by atoms with Crippen LogP contribution >= 0.6 is 11.6 Å². The molecular weight excluding hydrogens is 264 g/mol. The van der Waals surface area contributed by atoms with Crippen LogP contribution in [0.15, 0.2) is 30.5 Å². The molecule has 0 amide bonds. The number of methoxy groups -OCH3 is 1. The van der Waals surface area contributed by atoms with Crippen molar-refractivity contribution in [1.29, 1.82) is 0 Å². The zero-order chi connectivity index (χ0) is 13.8. The van der Waals surface area contributed by atoms with E-state index in [4.69, 9.17) is 26.8 Å². The van der Waals surface area contributed by atoms with Crippen LogP contribution in [0.2, 0.25) is 5.02 Å². The van der Waals surface area contributed by atoms with E-state index in [-0.39, 0.29) is 0 Å². The molecule has 2 N–H and O–H groups in total. The molecule has 19 heavy (non-hydrogen) atoms. The SMILES string of the molecule is COc1cc(C)ccc1Oc1cc(CN)c(Cl)cn1. The summed E-state index contributed by atoms with van der Waals surface area (Å²) >= 11 is 5.96. The summed E-state index contributed by atoms with van der Waals surface area (Å²) in [6.45, 7) is 2.32. The maximum atomic E-state index is 5.96. The van der Waals surface area contributed by atoms with Crippen LogP contribution in [0.4, 0.5) is 0 Å². The van der Waals surface area contributed by atoms with E-state index in [1.807, 2.05) is 25.1 Å². The molecule has 0 aliphatic rings. The molecule has 4 nitrogen and oxygen atoms in total. The Labute approximate surface area is 117 Å². The molecule has 1 aromatic carbocycles. The quantitative estimate of drug-likeness (QED) is 0.932. The van der Waals surface area contributed by atoms with Crippen molar-refractivity contribution >= 4 is 11.6 Å². The normalized spacial score (nSPS) is 10.3. The number of nitrogens with zero attached hydrogens (tertiary/aromatic N) is 1. The summed E-state index contributed by atoms with van der Waals surface area (Å²) in [5.41, 5.74) is 7.48. The Morgan fingerprint density at radius 3 is 2.74 bits per heavy atom. The Hall–Kier alpha value is -1.78. The average molecular weight is 279 g/mol. The molecule has 0 atom stereocenters. The summed E-state index contributed by atoms with van der Waals surface area (Å²) < 4.78 is 11.0. The summed E-state index contributed by atoms with van der Waals surface area (Å²) in [7, 11) is 1.60. The monoisotopic (exact) mass is 278 g/mol. The van der Waals surface area contributed by atoms with Gasteiger partial charge in [0.15, 0.2) is 11.5 Å². The Balaban J connectivity index is 2.30. The van der Waals surface area contributed by atoms with E-state index >= 15 is 0 Å². The van der Waals surface area contributed by atoms with Gasteiger partial charge in [0.1, 0.15) is 0 Å². The second-order valence-corrected chi connectivity index (χ2v) is 4.48. The highest BCUT2D eigenvalue weighted by Crippen LogP contribution is 2.32. The van der Waals surface area contributed by atoms with Gasteiger partial charge in [0.05, 0.1) is 12.1 Å². The number of aryl methyl sites for hydroxylation is 1. The smallest absolute Gasteiger partial charge is 0.219 e. The number of benzene rings is 1. The van der Waals surface area contributed by atoms with Crippen LogP contribution in [-0.2, 0) is 6.54 Å². The van der Waals surface area contributed by atoms with Crippen molar-refractivity contribution in [2.75, 3.05) is 7.11 Å². The molecule has 100 valence electrons. The molecule has 0 fully saturated rings. The van der Waals surface area contributed by atoms with Crippen molar-refractivity contribution in [3.63, 3.8) is 0 Å². The van der Waals surface area contributed by atoms with Gasteiger partial charge in [0, 0.05) is 18.8 Å². The first-order chi connectivity index (χ1) is 9.13. The third-order valence-corrected chi connectivity index (χ3v) is 3.00. The highest BCUT2D eigenvalue weighted by atomic mass is 35.5. The van der Waals surface area contributed by atoms with Crippen LogP contribution in [0.25, 0.3) is 0 Å². The molecule has 2 rings (SSSR count). The van der Waals surface area contributed by atoms with E-state index in [9.17, 15) is 0 Å². The number of ether oxygens (including phenoxy) is 2. The fourth-order valence-corrected chi connectivity index (χ4v) is 1.82. The van der Waals surface area contributed by atoms with Crippen molar-refractivity contribution in [3.8, 4) is 17.4 Å². The average Bonchev–Trinajstić information content (AvgIpc) is 2.42. The summed E-state index contributed by atoms with van der Waals surface area (Å²) in [5, 5.41) is 0.533. The zero-order valence-corrected chi connectivity index (χ0v) is 11.6. The molecule has 0 unspecified atom stereocenters. The van der Waals surface area contributed by atoms with Gasteiger partial charge < -0.3 is 15.2 Å². The third-order valence-electron chi connectivity index (χ3n) is 2.66. The Kier molecular flexibility index (Phi) is 4.24. The Morgan fingerprint density at radius 2 is 2.05 bits per heavy atom. The maximum Gasteiger partial charge on any atom is 0.219 e. The molecule has 0 saturated heterocycles. The van der Waals surface area contributed by atoms with Crippen LogP contribution in [0.1, 0.15) is 11.1 Å². The van der Waals surface area contributed by atoms with Gasteiger partial charge in [-0.2, -0.15) is 0 Å². The molecule has 2 aromatic rings. The number of hydrogen-bond donors (Lipinski definition) is 1. The van der Waals surface area contributed by atoms with Gasteiger partial charge in [0.2, 0.25) is 5.88 Å². The topological polar surface area (TPSA) is 57.4 Å². The van der Waals surface area contributed by atoms with E-state index < -0.39 is 0 Å². The predicted molar refractivity (Wildman–Crippen MR) is 74.9 cm³/mol. The second-order valence-electron chi connectivity index (χ2n) is 4.07. The molecule has 5 heteroatoms. The van der Waals surface area contributed by atoms with Crippen LogP contribution in [0, 0.1) is 6.92 Å². The molecule has 0 bridgehead atoms. The number of pyridine rings is 1. The second kappa shape index (κ2) is 5.91. The lowest BCUT2D eigenvalue weighted by atomic mass is 10.2. The molecule has 0 spiro atoms. The summed E-state index contributed by atoms with van der Waals surface area (Å²) in [6.07, 6.45) is 1.53. The van der Waals surface area contributed by atoms with E-state index in [1.165, 1.54) is 6.20 Å². The lowest BCUT2D eigenvalue weighted by Gasteiger charge is -2.11. The fraction of sp³-hybridized carbons (Fsp3) is 0.214. The molecule has 0 aliphatic carbocycles. The first-order valence-electron chi connectivity index (χ1n) is 5.81. The van der Waals surface area contributed by atoms with Crippen molar-refractivity contribution in [2.24, 2.45) is 5.73 Å². The molecule has 1 heterocycles. The summed E-state index contributed by atoms with van der Waals surface area (Å²) in [5.74, 6) is 1.70. The van der Waals surface area contributed by atoms with Crippen molar-refractivity contribution in [3.05, 3.63) is 46.6 Å². The minimum atomic E-state index is 0.336. The van der Waals surface area contributed by atoms with Crippen LogP contribution in [0.5, 0.6) is 17.4 Å². The summed E-state index contributed by atoms with van der Waals surface area (Å²) in [4.78, 5) is 4.11. The van der Waals surface area contributed by atoms with Gasteiger partial charge in [-0.25, -0.2) is 4.98 Å². The van der Waals surface area contributed by atoms with E-state index in [0.29, 0.717) is 28.9 Å². The Morgan fingerprint density at radius 1 is 1.26 bits per heavy atom. The number of hydrogen-bond acceptors (Lipinski definition) is 4. The summed E-state index contributed by atoms with van der Waals surface area (Å²) in [6, 6.07) is 7.40. The largest absolute Gasteiger partial charge is 0.493 e. The van der Waals surface area contributed by atoms with E-state index in [0.717, 1.165) is 11.1 Å². The van der Waals surface area contributed by atoms with Gasteiger partial charge in [-0.15, -0.1) is 0 Å². The molecule has 0 aliphatic heterocycles. The van der Waals surface area contributed by atoms with Crippen LogP contribution in [-0.4, -0.2) is 12.1 Å². The van der Waals surface area contributed by atoms with Crippen molar-refractivity contribution in [1.82, 2.24) is 4.98 Å². The molecule has 0 saturated carbocycles. The van der Waals surface area contributed by atoms with Gasteiger partial charge in [-0.3, -0.25) is 0 Å². The third kappa shape index (κ3) is 3.16. The van der Waals surface area contributed by atoms with Crippen molar-refractivity contribution < 1.29 is 9.47 Å². The lowest BCUT2D eigenvalue weighted by Crippen LogP contribution is -1.99. The molecular formula is C14H15ClN2O2. The highest BCUT2D eigenvalue weighted by Gasteiger charge is 2.08. The standard InChI is InChI=1S/C14H15ClN2O2/c1-9-3-4-12(13(5-9)18-2)19-14-6-10(7-16)11(15)8-17-14/h3-6,8H,7,16H2,1-2H3. The predicted octanol–water partition coefficient (Wildman–Crippen LogP) is 3.30. The van der Waals surface area contributed by atoms with Gasteiger partial charge in [-0.05, 0) is 30.2 Å². The minimum absolute atomic E-state index is 0.336. The molecule has 0 radical (unpaired) electrons. The fourth-order valence-electron chi connectivity index (χ4n) is 1.64. The van der Waals surface area contributed by atoms with E-state index in [1.54, 1.807) is 13.2 Å². The first kappa shape index (κ1) is 13.6. The van der Waals surface area contributed by atoms with E-state index in [2.05, 4.69) is 4.98 Å². The van der Waals surface area contributed by atoms with Gasteiger partial charge >= 0.3 is 0 Å². The van der Waals surface area contributed by atoms with Gasteiger partial charge in [0.25, 0.3) is 0 Å². The minimum Gasteiger partial charge on any atom is -0.493 e. The molecule has 1 aromatic heterocycles. The van der Waals surface area contributed by atoms with Crippen molar-refractivity contribution in [2.45, 2.75) is 13.5 Å². The van der Waals surface area contributed by atoms with Gasteiger partial charge in [-0.1, -0.05) is 17.7 Å². The van der Waals surface area contributed by atoms with Crippen LogP contribution in [0.3, 0.4) is 0 Å². The first-order valence-corrected chi connectivity index (χ1v) is 6.19. The number of nitrogens with two attached hydrogens (primary N) is 1. The maximum absolute atomic E-state index is 5.96. The lowest BCUT2D eigenvalue weighted by molar-refractivity contribution is 0.373.